The molecule has 9 nitrogen and oxygen atoms in total. The van der Waals surface area contributed by atoms with Crippen LogP contribution in [0.3, 0.4) is 0 Å². The molecule has 3 aromatic carbocycles. The molecule has 29 heavy (non-hydrogen) atoms. The highest BCUT2D eigenvalue weighted by molar-refractivity contribution is 7.86. The number of imidazole rings is 1. The molecule has 11 heteroatoms. The van der Waals surface area contributed by atoms with Gasteiger partial charge >= 0.3 is 0 Å². The van der Waals surface area contributed by atoms with E-state index in [-0.39, 0.29) is 27.0 Å². The number of hydrogen-bond acceptors (Lipinski definition) is 6. The molecular formula is C18H10N2O7S2. The number of aromatic nitrogens is 2. The minimum absolute atomic E-state index is 0.0661. The fourth-order valence-electron chi connectivity index (χ4n) is 3.63. The Hall–Kier alpha value is -3.12. The van der Waals surface area contributed by atoms with E-state index < -0.39 is 30.7 Å². The number of fused-ring (bicyclic) bond motifs is 4. The van der Waals surface area contributed by atoms with Crippen LogP contribution in [0.15, 0.2) is 63.1 Å². The van der Waals surface area contributed by atoms with Crippen molar-refractivity contribution in [2.45, 2.75) is 9.79 Å². The summed E-state index contributed by atoms with van der Waals surface area (Å²) < 4.78 is 66.1. The third-order valence-electron chi connectivity index (χ3n) is 4.85. The fourth-order valence-corrected chi connectivity index (χ4v) is 4.67. The van der Waals surface area contributed by atoms with Crippen molar-refractivity contribution in [3.63, 3.8) is 0 Å². The lowest BCUT2D eigenvalue weighted by Crippen LogP contribution is -2.14. The van der Waals surface area contributed by atoms with Crippen LogP contribution in [0.1, 0.15) is 0 Å². The van der Waals surface area contributed by atoms with Gasteiger partial charge in [-0.1, -0.05) is 18.2 Å². The zero-order valence-corrected chi connectivity index (χ0v) is 15.9. The molecule has 0 aliphatic carbocycles. The second-order valence-electron chi connectivity index (χ2n) is 6.55. The minimum atomic E-state index is -4.54. The highest BCUT2D eigenvalue weighted by Crippen LogP contribution is 2.32. The normalized spacial score (nSPS) is 13.2. The predicted octanol–water partition coefficient (Wildman–Crippen LogP) is 2.09. The van der Waals surface area contributed by atoms with Crippen molar-refractivity contribution in [2.75, 3.05) is 0 Å². The molecule has 2 N–H and O–H groups in total. The average molecular weight is 430 g/mol. The first kappa shape index (κ1) is 17.9. The summed E-state index contributed by atoms with van der Waals surface area (Å²) in [6.45, 7) is 0. The quantitative estimate of drug-likeness (QED) is 0.405. The Bertz CT molecular complexity index is 1770. The van der Waals surface area contributed by atoms with E-state index in [1.165, 1.54) is 16.5 Å². The highest BCUT2D eigenvalue weighted by Gasteiger charge is 2.20. The molecule has 0 amide bonds. The van der Waals surface area contributed by atoms with Crippen LogP contribution < -0.4 is 5.56 Å². The summed E-state index contributed by atoms with van der Waals surface area (Å²) in [5.74, 6) is 0. The van der Waals surface area contributed by atoms with E-state index in [0.717, 1.165) is 18.2 Å². The second kappa shape index (κ2) is 5.48. The van der Waals surface area contributed by atoms with Gasteiger partial charge in [0.25, 0.3) is 25.8 Å². The van der Waals surface area contributed by atoms with E-state index in [9.17, 15) is 30.7 Å². The van der Waals surface area contributed by atoms with Crippen molar-refractivity contribution >= 4 is 58.5 Å². The van der Waals surface area contributed by atoms with E-state index in [4.69, 9.17) is 0 Å². The van der Waals surface area contributed by atoms with Crippen LogP contribution in [-0.2, 0) is 20.2 Å². The van der Waals surface area contributed by atoms with Gasteiger partial charge in [-0.3, -0.25) is 18.3 Å². The maximum absolute atomic E-state index is 13.2. The first-order chi connectivity index (χ1) is 13.6. The molecule has 0 bridgehead atoms. The number of pyridine rings is 1. The van der Waals surface area contributed by atoms with Crippen LogP contribution in [0.25, 0.3) is 38.2 Å². The van der Waals surface area contributed by atoms with Gasteiger partial charge in [-0.2, -0.15) is 16.8 Å². The van der Waals surface area contributed by atoms with Crippen molar-refractivity contribution in [2.24, 2.45) is 0 Å². The van der Waals surface area contributed by atoms with Crippen LogP contribution in [0.5, 0.6) is 0 Å². The molecule has 0 radical (unpaired) electrons. The van der Waals surface area contributed by atoms with Gasteiger partial charge in [0.05, 0.1) is 26.2 Å². The van der Waals surface area contributed by atoms with Gasteiger partial charge in [0.15, 0.2) is 0 Å². The third kappa shape index (κ3) is 2.52. The van der Waals surface area contributed by atoms with E-state index in [1.807, 2.05) is 0 Å². The van der Waals surface area contributed by atoms with Crippen molar-refractivity contribution in [3.05, 3.63) is 58.9 Å². The fraction of sp³-hybridized carbons (Fsp3) is 0. The van der Waals surface area contributed by atoms with E-state index in [1.54, 1.807) is 18.2 Å². The molecule has 0 spiro atoms. The van der Waals surface area contributed by atoms with Gasteiger partial charge in [-0.05, 0) is 35.7 Å². The van der Waals surface area contributed by atoms with Crippen LogP contribution in [0, 0.1) is 0 Å². The van der Waals surface area contributed by atoms with Gasteiger partial charge in [-0.25, -0.2) is 4.98 Å². The summed E-state index contributed by atoms with van der Waals surface area (Å²) in [6.07, 6.45) is 0. The smallest absolute Gasteiger partial charge is 0.282 e. The molecule has 2 aromatic heterocycles. The van der Waals surface area contributed by atoms with Crippen LogP contribution >= 0.6 is 0 Å². The average Bonchev–Trinajstić information content (AvgIpc) is 3.03. The standard InChI is InChI=1S/C18H10N2O7S2/c21-18-13-7-11(29(25,26)27)6-9-2-1-3-12(16(9)13)17-19-14-8-10(28(22,23)24)4-5-15(14)20(17)18/h1-8H,(H,22,23,24)(H,25,26,27). The summed E-state index contributed by atoms with van der Waals surface area (Å²) in [5, 5.41) is 1.51. The topological polar surface area (TPSA) is 143 Å². The van der Waals surface area contributed by atoms with Crippen LogP contribution in [-0.4, -0.2) is 35.3 Å². The molecule has 0 aliphatic heterocycles. The number of hydrogen-bond donors (Lipinski definition) is 2. The molecule has 0 atom stereocenters. The first-order valence-corrected chi connectivity index (χ1v) is 11.0. The molecule has 146 valence electrons. The molecule has 0 aliphatic rings. The third-order valence-corrected chi connectivity index (χ3v) is 6.53. The lowest BCUT2D eigenvalue weighted by Gasteiger charge is -2.08. The summed E-state index contributed by atoms with van der Waals surface area (Å²) in [7, 11) is -8.99. The highest BCUT2D eigenvalue weighted by atomic mass is 32.2. The number of rotatable bonds is 2. The largest absolute Gasteiger partial charge is 0.294 e. The lowest BCUT2D eigenvalue weighted by molar-refractivity contribution is 0.481. The second-order valence-corrected chi connectivity index (χ2v) is 9.39. The Kier molecular flexibility index (Phi) is 3.39. The summed E-state index contributed by atoms with van der Waals surface area (Å²) in [5.41, 5.74) is 0.145. The minimum Gasteiger partial charge on any atom is -0.282 e. The SMILES string of the molecule is O=c1c2cc(S(=O)(=O)O)cc3cccc(c32)c2nc3cc(S(=O)(=O)O)ccc3n12. The zero-order valence-electron chi connectivity index (χ0n) is 14.3. The van der Waals surface area contributed by atoms with Crippen molar-refractivity contribution in [1.29, 1.82) is 0 Å². The Morgan fingerprint density at radius 3 is 2.24 bits per heavy atom. The van der Waals surface area contributed by atoms with Gasteiger partial charge in [-0.15, -0.1) is 0 Å². The summed E-state index contributed by atoms with van der Waals surface area (Å²) in [4.78, 5) is 16.8. The molecule has 0 saturated heterocycles. The molecule has 0 saturated carbocycles. The van der Waals surface area contributed by atoms with Gasteiger partial charge < -0.3 is 0 Å². The molecule has 0 unspecified atom stereocenters. The molecule has 0 fully saturated rings. The van der Waals surface area contributed by atoms with E-state index >= 15 is 0 Å². The Morgan fingerprint density at radius 2 is 1.55 bits per heavy atom. The lowest BCUT2D eigenvalue weighted by atomic mass is 10.0. The molecule has 5 aromatic rings. The van der Waals surface area contributed by atoms with Crippen molar-refractivity contribution in [1.82, 2.24) is 9.38 Å². The Balaban J connectivity index is 2.06. The maximum Gasteiger partial charge on any atom is 0.294 e. The molecule has 5 rings (SSSR count). The predicted molar refractivity (Wildman–Crippen MR) is 105 cm³/mol. The summed E-state index contributed by atoms with van der Waals surface area (Å²) >= 11 is 0. The van der Waals surface area contributed by atoms with E-state index in [0.29, 0.717) is 16.2 Å². The van der Waals surface area contributed by atoms with Gasteiger partial charge in [0.2, 0.25) is 0 Å². The van der Waals surface area contributed by atoms with Crippen LogP contribution in [0.2, 0.25) is 0 Å². The van der Waals surface area contributed by atoms with Gasteiger partial charge in [0.1, 0.15) is 5.65 Å². The van der Waals surface area contributed by atoms with Crippen molar-refractivity contribution < 1.29 is 25.9 Å². The summed E-state index contributed by atoms with van der Waals surface area (Å²) in [6, 6.07) is 11.0. The monoisotopic (exact) mass is 430 g/mol. The number of benzene rings is 3. The van der Waals surface area contributed by atoms with E-state index in [2.05, 4.69) is 4.98 Å². The Labute approximate surface area is 162 Å². The molecule has 2 heterocycles. The van der Waals surface area contributed by atoms with Crippen LogP contribution in [0.4, 0.5) is 0 Å². The Morgan fingerprint density at radius 1 is 0.828 bits per heavy atom. The maximum atomic E-state index is 13.2. The number of nitrogens with zero attached hydrogens (tertiary/aromatic N) is 2. The zero-order chi connectivity index (χ0) is 20.7. The van der Waals surface area contributed by atoms with Crippen molar-refractivity contribution in [3.8, 4) is 0 Å². The van der Waals surface area contributed by atoms with Gasteiger partial charge in [0, 0.05) is 10.8 Å². The first-order valence-electron chi connectivity index (χ1n) is 8.15. The molecular weight excluding hydrogens is 420 g/mol.